The zero-order valence-corrected chi connectivity index (χ0v) is 16.0. The van der Waals surface area contributed by atoms with Crippen molar-refractivity contribution in [2.45, 2.75) is 39.7 Å². The predicted octanol–water partition coefficient (Wildman–Crippen LogP) is 3.94. The number of phenolic OH excluding ortho intramolecular Hbond substituents is 1. The Morgan fingerprint density at radius 3 is 2.57 bits per heavy atom. The zero-order chi connectivity index (χ0) is 16.8. The van der Waals surface area contributed by atoms with Crippen LogP contribution in [-0.4, -0.2) is 42.8 Å². The van der Waals surface area contributed by atoms with Crippen LogP contribution < -0.4 is 10.1 Å². The molecule has 0 aromatic heterocycles. The van der Waals surface area contributed by atoms with Gasteiger partial charge in [0.15, 0.2) is 11.5 Å². The number of hydrogen-bond donors (Lipinski definition) is 2. The number of nitrogens with one attached hydrogen (secondary N) is 1. The van der Waals surface area contributed by atoms with Crippen LogP contribution in [0.2, 0.25) is 0 Å². The summed E-state index contributed by atoms with van der Waals surface area (Å²) in [5.74, 6) is 1.45. The second kappa shape index (κ2) is 8.90. The van der Waals surface area contributed by atoms with Crippen molar-refractivity contribution in [3.63, 3.8) is 0 Å². The number of hydrogen-bond acceptors (Lipinski definition) is 4. The Bertz CT molecular complexity index is 502. The highest BCUT2D eigenvalue weighted by Gasteiger charge is 2.24. The fourth-order valence-electron chi connectivity index (χ4n) is 3.10. The van der Waals surface area contributed by atoms with E-state index >= 15 is 0 Å². The van der Waals surface area contributed by atoms with Crippen LogP contribution in [0.3, 0.4) is 0 Å². The lowest BCUT2D eigenvalue weighted by molar-refractivity contribution is 0.159. The third-order valence-corrected chi connectivity index (χ3v) is 4.95. The number of piperazine rings is 1. The summed E-state index contributed by atoms with van der Waals surface area (Å²) in [7, 11) is 0. The molecule has 4 nitrogen and oxygen atoms in total. The topological polar surface area (TPSA) is 44.7 Å². The molecule has 0 radical (unpaired) electrons. The van der Waals surface area contributed by atoms with Crippen LogP contribution in [0, 0.1) is 5.92 Å². The summed E-state index contributed by atoms with van der Waals surface area (Å²) in [6, 6.07) is 4.43. The predicted molar refractivity (Wildman–Crippen MR) is 98.2 cm³/mol. The fraction of sp³-hybridized carbons (Fsp3) is 0.667. The van der Waals surface area contributed by atoms with Gasteiger partial charge in [0.25, 0.3) is 0 Å². The maximum Gasteiger partial charge on any atom is 0.172 e. The smallest absolute Gasteiger partial charge is 0.172 e. The van der Waals surface area contributed by atoms with Crippen molar-refractivity contribution >= 4 is 15.9 Å². The van der Waals surface area contributed by atoms with Gasteiger partial charge in [0.1, 0.15) is 0 Å². The molecule has 2 N–H and O–H groups in total. The van der Waals surface area contributed by atoms with Crippen LogP contribution in [-0.2, 0) is 0 Å². The molecule has 0 aliphatic carbocycles. The Morgan fingerprint density at radius 1 is 1.26 bits per heavy atom. The molecule has 0 unspecified atom stereocenters. The van der Waals surface area contributed by atoms with E-state index in [1.54, 1.807) is 0 Å². The molecule has 130 valence electrons. The van der Waals surface area contributed by atoms with Gasteiger partial charge in [0.05, 0.1) is 11.1 Å². The third kappa shape index (κ3) is 5.10. The van der Waals surface area contributed by atoms with Gasteiger partial charge in [-0.3, -0.25) is 4.90 Å². The lowest BCUT2D eigenvalue weighted by atomic mass is 9.95. The molecule has 1 fully saturated rings. The van der Waals surface area contributed by atoms with Crippen LogP contribution in [0.4, 0.5) is 0 Å². The van der Waals surface area contributed by atoms with Crippen molar-refractivity contribution in [3.8, 4) is 11.5 Å². The average molecular weight is 385 g/mol. The van der Waals surface area contributed by atoms with Crippen molar-refractivity contribution in [2.24, 2.45) is 5.92 Å². The van der Waals surface area contributed by atoms with Gasteiger partial charge in [-0.1, -0.05) is 13.8 Å². The van der Waals surface area contributed by atoms with Gasteiger partial charge in [-0.2, -0.15) is 0 Å². The molecule has 1 aromatic carbocycles. The monoisotopic (exact) mass is 384 g/mol. The Balaban J connectivity index is 2.29. The van der Waals surface area contributed by atoms with Gasteiger partial charge in [0, 0.05) is 32.2 Å². The molecule has 1 atom stereocenters. The SMILES string of the molecule is CCOc1cc([C@H](CCC(C)C)N2CCNCC2)cc(Br)c1O. The number of ether oxygens (including phenoxy) is 1. The fourth-order valence-corrected chi connectivity index (χ4v) is 3.56. The minimum absolute atomic E-state index is 0.193. The molecule has 23 heavy (non-hydrogen) atoms. The summed E-state index contributed by atoms with van der Waals surface area (Å²) < 4.78 is 6.32. The van der Waals surface area contributed by atoms with Gasteiger partial charge in [0.2, 0.25) is 0 Å². The molecule has 0 bridgehead atoms. The lowest BCUT2D eigenvalue weighted by Crippen LogP contribution is -2.45. The van der Waals surface area contributed by atoms with E-state index in [2.05, 4.69) is 40.0 Å². The minimum Gasteiger partial charge on any atom is -0.503 e. The molecular formula is C18H29BrN2O2. The number of halogens is 1. The summed E-state index contributed by atoms with van der Waals surface area (Å²) in [6.07, 6.45) is 2.32. The molecule has 0 saturated carbocycles. The molecule has 1 saturated heterocycles. The van der Waals surface area contributed by atoms with Crippen LogP contribution in [0.15, 0.2) is 16.6 Å². The Hall–Kier alpha value is -0.780. The molecule has 1 aromatic rings. The quantitative estimate of drug-likeness (QED) is 0.747. The van der Waals surface area contributed by atoms with Crippen LogP contribution >= 0.6 is 15.9 Å². The summed E-state index contributed by atoms with van der Waals surface area (Å²) in [5, 5.41) is 13.6. The van der Waals surface area contributed by atoms with E-state index in [0.717, 1.165) is 32.6 Å². The highest BCUT2D eigenvalue weighted by atomic mass is 79.9. The van der Waals surface area contributed by atoms with Crippen LogP contribution in [0.1, 0.15) is 45.2 Å². The second-order valence-electron chi connectivity index (χ2n) is 6.56. The number of aromatic hydroxyl groups is 1. The van der Waals surface area contributed by atoms with E-state index in [1.165, 1.54) is 12.0 Å². The van der Waals surface area contributed by atoms with Crippen LogP contribution in [0.25, 0.3) is 0 Å². The number of phenols is 1. The summed E-state index contributed by atoms with van der Waals surface area (Å²) >= 11 is 3.48. The molecule has 2 rings (SSSR count). The van der Waals surface area contributed by atoms with Crippen LogP contribution in [0.5, 0.6) is 11.5 Å². The maximum atomic E-state index is 10.2. The van der Waals surface area contributed by atoms with Crippen molar-refractivity contribution in [3.05, 3.63) is 22.2 Å². The van der Waals surface area contributed by atoms with Gasteiger partial charge in [-0.15, -0.1) is 0 Å². The van der Waals surface area contributed by atoms with E-state index in [4.69, 9.17) is 4.74 Å². The molecule has 0 amide bonds. The Labute approximate surface area is 148 Å². The maximum absolute atomic E-state index is 10.2. The molecule has 0 spiro atoms. The van der Waals surface area contributed by atoms with Crippen molar-refractivity contribution in [1.29, 1.82) is 0 Å². The van der Waals surface area contributed by atoms with Crippen molar-refractivity contribution in [2.75, 3.05) is 32.8 Å². The van der Waals surface area contributed by atoms with E-state index in [-0.39, 0.29) is 5.75 Å². The zero-order valence-electron chi connectivity index (χ0n) is 14.4. The second-order valence-corrected chi connectivity index (χ2v) is 7.41. The normalized spacial score (nSPS) is 17.4. The summed E-state index contributed by atoms with van der Waals surface area (Å²) in [5.41, 5.74) is 1.22. The molecule has 5 heteroatoms. The van der Waals surface area contributed by atoms with Gasteiger partial charge in [-0.05, 0) is 59.3 Å². The first-order chi connectivity index (χ1) is 11.0. The van der Waals surface area contributed by atoms with Crippen molar-refractivity contribution in [1.82, 2.24) is 10.2 Å². The molecule has 1 aliphatic heterocycles. The van der Waals surface area contributed by atoms with Gasteiger partial charge < -0.3 is 15.2 Å². The first kappa shape index (κ1) is 18.6. The molecule has 1 aliphatic rings. The van der Waals surface area contributed by atoms with E-state index in [0.29, 0.717) is 28.8 Å². The van der Waals surface area contributed by atoms with E-state index in [9.17, 15) is 5.11 Å². The number of benzene rings is 1. The third-order valence-electron chi connectivity index (χ3n) is 4.35. The molecule has 1 heterocycles. The van der Waals surface area contributed by atoms with E-state index < -0.39 is 0 Å². The largest absolute Gasteiger partial charge is 0.503 e. The molecular weight excluding hydrogens is 356 g/mol. The van der Waals surface area contributed by atoms with Gasteiger partial charge >= 0.3 is 0 Å². The van der Waals surface area contributed by atoms with Crippen molar-refractivity contribution < 1.29 is 9.84 Å². The van der Waals surface area contributed by atoms with Gasteiger partial charge in [-0.25, -0.2) is 0 Å². The first-order valence-corrected chi connectivity index (χ1v) is 9.42. The highest BCUT2D eigenvalue weighted by molar-refractivity contribution is 9.10. The summed E-state index contributed by atoms with van der Waals surface area (Å²) in [4.78, 5) is 2.55. The first-order valence-electron chi connectivity index (χ1n) is 8.62. The highest BCUT2D eigenvalue weighted by Crippen LogP contribution is 2.39. The Kier molecular flexibility index (Phi) is 7.18. The lowest BCUT2D eigenvalue weighted by Gasteiger charge is -2.36. The van der Waals surface area contributed by atoms with E-state index in [1.807, 2.05) is 19.1 Å². The standard InChI is InChI=1S/C18H29BrN2O2/c1-4-23-17-12-14(11-15(19)18(17)22)16(6-5-13(2)3)21-9-7-20-8-10-21/h11-13,16,20,22H,4-10H2,1-3H3/t16-/m0/s1. The average Bonchev–Trinajstić information content (AvgIpc) is 2.53. The number of rotatable bonds is 7. The minimum atomic E-state index is 0.193. The Morgan fingerprint density at radius 2 is 1.96 bits per heavy atom. The summed E-state index contributed by atoms with van der Waals surface area (Å²) in [6.45, 7) is 11.2. The number of nitrogens with zero attached hydrogens (tertiary/aromatic N) is 1.